The van der Waals surface area contributed by atoms with Gasteiger partial charge in [0.25, 0.3) is 11.8 Å². The highest BCUT2D eigenvalue weighted by molar-refractivity contribution is 6.13. The second kappa shape index (κ2) is 8.88. The van der Waals surface area contributed by atoms with Crippen molar-refractivity contribution in [3.63, 3.8) is 0 Å². The van der Waals surface area contributed by atoms with Gasteiger partial charge in [0.05, 0.1) is 20.3 Å². The van der Waals surface area contributed by atoms with E-state index < -0.39 is 35.5 Å². The normalized spacial score (nSPS) is 15.7. The average Bonchev–Trinajstić information content (AvgIpc) is 2.87. The van der Waals surface area contributed by atoms with Gasteiger partial charge in [0.1, 0.15) is 17.2 Å². The van der Waals surface area contributed by atoms with E-state index in [-0.39, 0.29) is 30.4 Å². The van der Waals surface area contributed by atoms with Crippen LogP contribution in [-0.4, -0.2) is 60.7 Å². The Kier molecular flexibility index (Phi) is 7.38. The van der Waals surface area contributed by atoms with Crippen molar-refractivity contribution in [3.05, 3.63) is 11.3 Å². The molecule has 0 aromatic heterocycles. The third-order valence-corrected chi connectivity index (χ3v) is 3.63. The first-order chi connectivity index (χ1) is 12.4. The van der Waals surface area contributed by atoms with Crippen LogP contribution in [0.15, 0.2) is 11.3 Å². The van der Waals surface area contributed by atoms with Crippen molar-refractivity contribution in [2.75, 3.05) is 20.3 Å². The van der Waals surface area contributed by atoms with Gasteiger partial charge in [-0.25, -0.2) is 9.59 Å². The largest absolute Gasteiger partial charge is 0.491 e. The van der Waals surface area contributed by atoms with Crippen LogP contribution in [0.4, 0.5) is 4.79 Å². The molecule has 9 nitrogen and oxygen atoms in total. The van der Waals surface area contributed by atoms with Crippen molar-refractivity contribution < 1.29 is 33.4 Å². The Balaban J connectivity index is 3.00. The Morgan fingerprint density at radius 1 is 1.22 bits per heavy atom. The fourth-order valence-electron chi connectivity index (χ4n) is 2.43. The number of imide groups is 1. The summed E-state index contributed by atoms with van der Waals surface area (Å²) >= 11 is 0. The number of ether oxygens (including phenoxy) is 3. The predicted octanol–water partition coefficient (Wildman–Crippen LogP) is 1.37. The lowest BCUT2D eigenvalue weighted by Crippen LogP contribution is -2.53. The first kappa shape index (κ1) is 22.5. The van der Waals surface area contributed by atoms with E-state index in [1.807, 2.05) is 0 Å². The fourth-order valence-corrected chi connectivity index (χ4v) is 2.43. The monoisotopic (exact) mass is 384 g/mol. The van der Waals surface area contributed by atoms with Crippen LogP contribution in [0.25, 0.3) is 0 Å². The molecule has 1 rings (SSSR count). The van der Waals surface area contributed by atoms with Crippen molar-refractivity contribution in [2.24, 2.45) is 5.92 Å². The summed E-state index contributed by atoms with van der Waals surface area (Å²) in [6.45, 7) is 10.0. The minimum atomic E-state index is -1.01. The summed E-state index contributed by atoms with van der Waals surface area (Å²) in [6.07, 6.45) is -0.772. The summed E-state index contributed by atoms with van der Waals surface area (Å²) in [7, 11) is 1.24. The van der Waals surface area contributed by atoms with Crippen LogP contribution >= 0.6 is 0 Å². The zero-order valence-corrected chi connectivity index (χ0v) is 16.9. The van der Waals surface area contributed by atoms with E-state index in [1.54, 1.807) is 41.5 Å². The first-order valence-corrected chi connectivity index (χ1v) is 8.72. The molecule has 1 atom stereocenters. The van der Waals surface area contributed by atoms with Crippen molar-refractivity contribution in [2.45, 2.75) is 53.2 Å². The van der Waals surface area contributed by atoms with E-state index in [2.05, 4.69) is 5.32 Å². The molecule has 0 aromatic carbocycles. The van der Waals surface area contributed by atoms with E-state index in [0.717, 1.165) is 4.90 Å². The van der Waals surface area contributed by atoms with Gasteiger partial charge in [-0.2, -0.15) is 0 Å². The number of alkyl carbamates (subject to hydrolysis) is 1. The number of carbonyl (C=O) groups is 4. The van der Waals surface area contributed by atoms with Crippen LogP contribution < -0.4 is 5.32 Å². The third-order valence-electron chi connectivity index (χ3n) is 3.63. The number of carbonyl (C=O) groups excluding carboxylic acids is 4. The molecule has 0 saturated heterocycles. The lowest BCUT2D eigenvalue weighted by molar-refractivity contribution is -0.144. The molecule has 3 amide bonds. The zero-order chi connectivity index (χ0) is 20.9. The molecule has 1 N–H and O–H groups in total. The number of nitrogens with zero attached hydrogens (tertiary/aromatic N) is 1. The first-order valence-electron chi connectivity index (χ1n) is 8.72. The number of methoxy groups -OCH3 is 1. The Morgan fingerprint density at radius 2 is 1.81 bits per heavy atom. The van der Waals surface area contributed by atoms with Crippen molar-refractivity contribution >= 4 is 23.9 Å². The number of amides is 3. The fraction of sp³-hybridized carbons (Fsp3) is 0.667. The van der Waals surface area contributed by atoms with E-state index in [9.17, 15) is 19.2 Å². The minimum absolute atomic E-state index is 0.0301. The van der Waals surface area contributed by atoms with Crippen LogP contribution in [0.2, 0.25) is 0 Å². The van der Waals surface area contributed by atoms with Gasteiger partial charge in [-0.15, -0.1) is 0 Å². The maximum absolute atomic E-state index is 12.9. The van der Waals surface area contributed by atoms with Gasteiger partial charge in [-0.1, -0.05) is 13.8 Å². The topological polar surface area (TPSA) is 111 Å². The highest BCUT2D eigenvalue weighted by atomic mass is 16.6. The molecule has 27 heavy (non-hydrogen) atoms. The number of nitrogens with one attached hydrogen (secondary N) is 1. The van der Waals surface area contributed by atoms with Crippen molar-refractivity contribution in [1.82, 2.24) is 10.2 Å². The number of esters is 1. The lowest BCUT2D eigenvalue weighted by atomic mass is 10.0. The molecule has 0 fully saturated rings. The molecule has 0 radical (unpaired) electrons. The molecule has 1 unspecified atom stereocenters. The third kappa shape index (κ3) is 5.70. The van der Waals surface area contributed by atoms with Gasteiger partial charge in [0.2, 0.25) is 0 Å². The molecular formula is C18H28N2O7. The Morgan fingerprint density at radius 3 is 2.26 bits per heavy atom. The van der Waals surface area contributed by atoms with Crippen LogP contribution in [0.3, 0.4) is 0 Å². The molecule has 1 aliphatic rings. The van der Waals surface area contributed by atoms with Gasteiger partial charge in [0.15, 0.2) is 5.76 Å². The van der Waals surface area contributed by atoms with Crippen LogP contribution in [0.5, 0.6) is 0 Å². The highest BCUT2D eigenvalue weighted by Crippen LogP contribution is 2.23. The van der Waals surface area contributed by atoms with E-state index >= 15 is 0 Å². The maximum Gasteiger partial charge on any atom is 0.408 e. The average molecular weight is 384 g/mol. The summed E-state index contributed by atoms with van der Waals surface area (Å²) in [5.74, 6) is -2.69. The molecule has 0 spiro atoms. The van der Waals surface area contributed by atoms with Crippen LogP contribution in [-0.2, 0) is 28.6 Å². The lowest BCUT2D eigenvalue weighted by Gasteiger charge is -2.27. The molecule has 0 aliphatic carbocycles. The van der Waals surface area contributed by atoms with Crippen LogP contribution in [0, 0.1) is 5.92 Å². The molecule has 0 aromatic rings. The highest BCUT2D eigenvalue weighted by Gasteiger charge is 2.42. The number of rotatable bonds is 6. The summed E-state index contributed by atoms with van der Waals surface area (Å²) in [6, 6.07) is -1.01. The molecule has 1 aliphatic heterocycles. The summed E-state index contributed by atoms with van der Waals surface area (Å²) in [4.78, 5) is 50.3. The quantitative estimate of drug-likeness (QED) is 0.688. The molecule has 0 bridgehead atoms. The second-order valence-electron chi connectivity index (χ2n) is 7.33. The Bertz CT molecular complexity index is 647. The Hall–Kier alpha value is -2.58. The summed E-state index contributed by atoms with van der Waals surface area (Å²) in [5.41, 5.74) is -0.766. The Labute approximate surface area is 159 Å². The number of hydrogen-bond acceptors (Lipinski definition) is 7. The smallest absolute Gasteiger partial charge is 0.408 e. The van der Waals surface area contributed by atoms with Crippen LogP contribution in [0.1, 0.15) is 41.5 Å². The van der Waals surface area contributed by atoms with Gasteiger partial charge in [0, 0.05) is 0 Å². The second-order valence-corrected chi connectivity index (χ2v) is 7.33. The summed E-state index contributed by atoms with van der Waals surface area (Å²) in [5, 5.41) is 2.49. The van der Waals surface area contributed by atoms with E-state index in [1.165, 1.54) is 7.11 Å². The minimum Gasteiger partial charge on any atom is -0.491 e. The molecular weight excluding hydrogens is 356 g/mol. The van der Waals surface area contributed by atoms with Gasteiger partial charge < -0.3 is 19.5 Å². The van der Waals surface area contributed by atoms with Gasteiger partial charge >= 0.3 is 12.1 Å². The van der Waals surface area contributed by atoms with Gasteiger partial charge in [-0.05, 0) is 33.6 Å². The van der Waals surface area contributed by atoms with Crippen molar-refractivity contribution in [1.29, 1.82) is 0 Å². The molecule has 9 heteroatoms. The SMILES string of the molecule is CCOC(=O)C1=C(OC)C(=O)N(C(=O)C(NC(=O)OC(C)(C)C)C(C)C)C1. The molecule has 152 valence electrons. The molecule has 1 heterocycles. The van der Waals surface area contributed by atoms with E-state index in [0.29, 0.717) is 0 Å². The maximum atomic E-state index is 12.9. The van der Waals surface area contributed by atoms with Crippen molar-refractivity contribution in [3.8, 4) is 0 Å². The standard InChI is InChI=1S/C18H28N2O7/c1-8-26-16(23)11-9-20(15(22)13(11)25-7)14(21)12(10(2)3)19-17(24)27-18(4,5)6/h10,12H,8-9H2,1-7H3,(H,19,24). The van der Waals surface area contributed by atoms with Gasteiger partial charge in [-0.3, -0.25) is 14.5 Å². The zero-order valence-electron chi connectivity index (χ0n) is 16.9. The number of hydrogen-bond donors (Lipinski definition) is 1. The molecule has 0 saturated carbocycles. The predicted molar refractivity (Wildman–Crippen MR) is 95.4 cm³/mol. The summed E-state index contributed by atoms with van der Waals surface area (Å²) < 4.78 is 15.1. The van der Waals surface area contributed by atoms with E-state index in [4.69, 9.17) is 14.2 Å².